The molecule has 0 radical (unpaired) electrons. The van der Waals surface area contributed by atoms with Crippen LogP contribution in [0.25, 0.3) is 5.78 Å². The predicted molar refractivity (Wildman–Crippen MR) is 86.5 cm³/mol. The fourth-order valence-corrected chi connectivity index (χ4v) is 3.04. The third-order valence-electron chi connectivity index (χ3n) is 4.30. The maximum atomic E-state index is 6.08. The van der Waals surface area contributed by atoms with Crippen LogP contribution in [-0.4, -0.2) is 25.6 Å². The van der Waals surface area contributed by atoms with Crippen molar-refractivity contribution in [1.29, 1.82) is 0 Å². The molecule has 1 N–H and O–H groups in total. The van der Waals surface area contributed by atoms with Gasteiger partial charge in [-0.1, -0.05) is 23.7 Å². The number of aryl methyl sites for hydroxylation is 1. The van der Waals surface area contributed by atoms with Gasteiger partial charge in [0.2, 0.25) is 0 Å². The Labute approximate surface area is 133 Å². The molecular weight excluding hydrogens is 298 g/mol. The number of anilines is 1. The Morgan fingerprint density at radius 2 is 2.18 bits per heavy atom. The van der Waals surface area contributed by atoms with E-state index in [0.717, 1.165) is 28.5 Å². The van der Waals surface area contributed by atoms with Crippen molar-refractivity contribution in [3.8, 4) is 0 Å². The summed E-state index contributed by atoms with van der Waals surface area (Å²) in [4.78, 5) is 8.63. The molecule has 1 aliphatic rings. The summed E-state index contributed by atoms with van der Waals surface area (Å²) in [6.07, 6.45) is 2.63. The Morgan fingerprint density at radius 3 is 3.00 bits per heavy atom. The SMILES string of the molecule is Cc1nc2ncnn2c(NC2CC2c2cccc(Cl)c2)c1C. The Bertz CT molecular complexity index is 857. The number of rotatable bonds is 3. The van der Waals surface area contributed by atoms with E-state index in [0.29, 0.717) is 17.7 Å². The van der Waals surface area contributed by atoms with E-state index in [-0.39, 0.29) is 0 Å². The van der Waals surface area contributed by atoms with E-state index >= 15 is 0 Å². The first-order valence-electron chi connectivity index (χ1n) is 7.32. The maximum Gasteiger partial charge on any atom is 0.254 e. The molecule has 0 spiro atoms. The standard InChI is InChI=1S/C16H16ClN5/c1-9-10(2)20-16-18-8-19-22(16)15(9)21-14-7-13(14)11-4-3-5-12(17)6-11/h3-6,8,13-14,21H,7H2,1-2H3. The normalized spacial score (nSPS) is 20.3. The molecule has 3 aromatic rings. The van der Waals surface area contributed by atoms with Gasteiger partial charge in [0.1, 0.15) is 12.1 Å². The summed E-state index contributed by atoms with van der Waals surface area (Å²) in [5.74, 6) is 2.10. The van der Waals surface area contributed by atoms with Crippen LogP contribution in [0.2, 0.25) is 5.02 Å². The van der Waals surface area contributed by atoms with E-state index in [9.17, 15) is 0 Å². The Balaban J connectivity index is 1.63. The molecule has 1 fully saturated rings. The zero-order valence-electron chi connectivity index (χ0n) is 12.4. The molecule has 0 amide bonds. The molecule has 4 rings (SSSR count). The van der Waals surface area contributed by atoms with E-state index < -0.39 is 0 Å². The number of hydrogen-bond donors (Lipinski definition) is 1. The smallest absolute Gasteiger partial charge is 0.254 e. The van der Waals surface area contributed by atoms with Crippen molar-refractivity contribution in [2.45, 2.75) is 32.2 Å². The van der Waals surface area contributed by atoms with Gasteiger partial charge < -0.3 is 5.32 Å². The minimum atomic E-state index is 0.395. The lowest BCUT2D eigenvalue weighted by Gasteiger charge is -2.12. The van der Waals surface area contributed by atoms with Crippen molar-refractivity contribution < 1.29 is 0 Å². The van der Waals surface area contributed by atoms with Gasteiger partial charge in [0, 0.05) is 28.2 Å². The average Bonchev–Trinajstić information content (AvgIpc) is 3.12. The minimum absolute atomic E-state index is 0.395. The van der Waals surface area contributed by atoms with Crippen LogP contribution in [0.5, 0.6) is 0 Å². The fourth-order valence-electron chi connectivity index (χ4n) is 2.84. The quantitative estimate of drug-likeness (QED) is 0.805. The number of aromatic nitrogens is 4. The largest absolute Gasteiger partial charge is 0.366 e. The molecular formula is C16H16ClN5. The molecule has 1 aliphatic carbocycles. The second-order valence-corrected chi connectivity index (χ2v) is 6.23. The van der Waals surface area contributed by atoms with Crippen LogP contribution in [-0.2, 0) is 0 Å². The lowest BCUT2D eigenvalue weighted by molar-refractivity contribution is 0.895. The van der Waals surface area contributed by atoms with Crippen molar-refractivity contribution in [3.05, 3.63) is 52.4 Å². The third-order valence-corrected chi connectivity index (χ3v) is 4.53. The Hall–Kier alpha value is -2.14. The van der Waals surface area contributed by atoms with E-state index in [1.54, 1.807) is 4.52 Å². The van der Waals surface area contributed by atoms with Crippen molar-refractivity contribution in [2.75, 3.05) is 5.32 Å². The number of fused-ring (bicyclic) bond motifs is 1. The topological polar surface area (TPSA) is 55.1 Å². The summed E-state index contributed by atoms with van der Waals surface area (Å²) >= 11 is 6.08. The summed E-state index contributed by atoms with van der Waals surface area (Å²) in [5, 5.41) is 8.66. The van der Waals surface area contributed by atoms with Gasteiger partial charge in [0.15, 0.2) is 0 Å². The molecule has 1 aromatic carbocycles. The van der Waals surface area contributed by atoms with Gasteiger partial charge in [-0.25, -0.2) is 4.98 Å². The van der Waals surface area contributed by atoms with Gasteiger partial charge in [-0.15, -0.1) is 0 Å². The van der Waals surface area contributed by atoms with Crippen molar-refractivity contribution >= 4 is 23.2 Å². The summed E-state index contributed by atoms with van der Waals surface area (Å²) in [5.41, 5.74) is 3.36. The van der Waals surface area contributed by atoms with Crippen LogP contribution in [0.15, 0.2) is 30.6 Å². The van der Waals surface area contributed by atoms with Crippen LogP contribution in [0.3, 0.4) is 0 Å². The molecule has 112 valence electrons. The van der Waals surface area contributed by atoms with Gasteiger partial charge >= 0.3 is 0 Å². The average molecular weight is 314 g/mol. The minimum Gasteiger partial charge on any atom is -0.366 e. The van der Waals surface area contributed by atoms with Gasteiger partial charge in [0.05, 0.1) is 0 Å². The number of hydrogen-bond acceptors (Lipinski definition) is 4. The van der Waals surface area contributed by atoms with E-state index in [1.165, 1.54) is 11.9 Å². The molecule has 0 saturated heterocycles. The molecule has 5 nitrogen and oxygen atoms in total. The molecule has 2 atom stereocenters. The molecule has 0 aliphatic heterocycles. The van der Waals surface area contributed by atoms with Crippen molar-refractivity contribution in [2.24, 2.45) is 0 Å². The molecule has 0 bridgehead atoms. The van der Waals surface area contributed by atoms with Crippen LogP contribution in [0.4, 0.5) is 5.82 Å². The van der Waals surface area contributed by atoms with E-state index in [1.807, 2.05) is 25.1 Å². The summed E-state index contributed by atoms with van der Waals surface area (Å²) < 4.78 is 1.77. The summed E-state index contributed by atoms with van der Waals surface area (Å²) in [6.45, 7) is 4.05. The Morgan fingerprint density at radius 1 is 1.32 bits per heavy atom. The van der Waals surface area contributed by atoms with Gasteiger partial charge in [-0.2, -0.15) is 14.6 Å². The number of nitrogens with zero attached hydrogens (tertiary/aromatic N) is 4. The zero-order valence-corrected chi connectivity index (χ0v) is 13.2. The summed E-state index contributed by atoms with van der Waals surface area (Å²) in [7, 11) is 0. The monoisotopic (exact) mass is 313 g/mol. The first-order chi connectivity index (χ1) is 10.6. The van der Waals surface area contributed by atoms with E-state index in [2.05, 4.69) is 33.4 Å². The molecule has 2 aromatic heterocycles. The van der Waals surface area contributed by atoms with Crippen LogP contribution < -0.4 is 5.32 Å². The number of nitrogens with one attached hydrogen (secondary N) is 1. The highest BCUT2D eigenvalue weighted by Gasteiger charge is 2.39. The number of benzene rings is 1. The number of halogens is 1. The van der Waals surface area contributed by atoms with Crippen LogP contribution in [0, 0.1) is 13.8 Å². The van der Waals surface area contributed by atoms with Crippen molar-refractivity contribution in [3.63, 3.8) is 0 Å². The van der Waals surface area contributed by atoms with E-state index in [4.69, 9.17) is 11.6 Å². The summed E-state index contributed by atoms with van der Waals surface area (Å²) in [6, 6.07) is 8.49. The zero-order chi connectivity index (χ0) is 15.3. The fraction of sp³-hybridized carbons (Fsp3) is 0.312. The molecule has 2 heterocycles. The highest BCUT2D eigenvalue weighted by Crippen LogP contribution is 2.43. The second-order valence-electron chi connectivity index (χ2n) is 5.79. The third kappa shape index (κ3) is 2.22. The molecule has 2 unspecified atom stereocenters. The molecule has 6 heteroatoms. The molecule has 1 saturated carbocycles. The maximum absolute atomic E-state index is 6.08. The Kier molecular flexibility index (Phi) is 3.04. The lowest BCUT2D eigenvalue weighted by Crippen LogP contribution is -2.12. The first-order valence-corrected chi connectivity index (χ1v) is 7.70. The highest BCUT2D eigenvalue weighted by molar-refractivity contribution is 6.30. The van der Waals surface area contributed by atoms with Gasteiger partial charge in [0.25, 0.3) is 5.78 Å². The van der Waals surface area contributed by atoms with Gasteiger partial charge in [-0.05, 0) is 38.0 Å². The van der Waals surface area contributed by atoms with Crippen LogP contribution in [0.1, 0.15) is 29.2 Å². The predicted octanol–water partition coefficient (Wildman–Crippen LogP) is 3.36. The van der Waals surface area contributed by atoms with Crippen molar-refractivity contribution in [1.82, 2.24) is 19.6 Å². The second kappa shape index (κ2) is 4.95. The lowest BCUT2D eigenvalue weighted by atomic mass is 10.1. The van der Waals surface area contributed by atoms with Gasteiger partial charge in [-0.3, -0.25) is 0 Å². The molecule has 22 heavy (non-hydrogen) atoms. The highest BCUT2D eigenvalue weighted by atomic mass is 35.5. The first kappa shape index (κ1) is 13.5. The van der Waals surface area contributed by atoms with Crippen LogP contribution >= 0.6 is 11.6 Å².